The van der Waals surface area contributed by atoms with E-state index in [1.165, 1.54) is 75.8 Å². The number of para-hydroxylation sites is 4. The zero-order chi connectivity index (χ0) is 81.1. The first-order chi connectivity index (χ1) is 60.5. The second-order valence-electron chi connectivity index (χ2n) is 31.2. The van der Waals surface area contributed by atoms with Crippen LogP contribution < -0.4 is 19.6 Å². The summed E-state index contributed by atoms with van der Waals surface area (Å²) in [6, 6.07) is 177. The first-order valence-electron chi connectivity index (χ1n) is 41.8. The Kier molecular flexibility index (Phi) is 19.7. The van der Waals surface area contributed by atoms with Crippen LogP contribution in [0.15, 0.2) is 485 Å². The van der Waals surface area contributed by atoms with E-state index < -0.39 is 0 Å². The molecule has 4 heteroatoms. The van der Waals surface area contributed by atoms with Crippen molar-refractivity contribution in [1.29, 1.82) is 0 Å². The van der Waals surface area contributed by atoms with Gasteiger partial charge in [-0.15, -0.1) is 0 Å². The second kappa shape index (κ2) is 32.7. The van der Waals surface area contributed by atoms with E-state index in [4.69, 9.17) is 0 Å². The van der Waals surface area contributed by atoms with Gasteiger partial charge in [-0.3, -0.25) is 0 Å². The Morgan fingerprint density at radius 1 is 0.148 bits per heavy atom. The first kappa shape index (κ1) is 73.5. The highest BCUT2D eigenvalue weighted by Crippen LogP contribution is 2.48. The molecule has 0 N–H and O–H groups in total. The number of nitrogens with zero attached hydrogens (tertiary/aromatic N) is 4. The van der Waals surface area contributed by atoms with Gasteiger partial charge in [0.2, 0.25) is 0 Å². The Morgan fingerprint density at radius 2 is 0.336 bits per heavy atom. The lowest BCUT2D eigenvalue weighted by molar-refractivity contribution is 1.29. The predicted molar refractivity (Wildman–Crippen MR) is 521 cm³/mol. The van der Waals surface area contributed by atoms with Gasteiger partial charge in [0.1, 0.15) is 0 Å². The van der Waals surface area contributed by atoms with E-state index in [2.05, 4.69) is 517 Å². The van der Waals surface area contributed by atoms with Crippen LogP contribution in [0.25, 0.3) is 110 Å². The molecule has 0 aliphatic carbocycles. The Balaban J connectivity index is 0.652. The van der Waals surface area contributed by atoms with Crippen molar-refractivity contribution < 1.29 is 0 Å². The Labute approximate surface area is 711 Å². The van der Waals surface area contributed by atoms with Gasteiger partial charge in [0.05, 0.1) is 0 Å². The standard InChI is InChI=1S/C118H82N4/c1-5-33-99(34-6-1)119(107-73-57-85-25-13-17-29-95(85)79-107)103-65-45-83(46-66-103)77-115(91-61-69-105(70-62-91)121(101-37-9-3-10-38-101)109-75-59-87-27-15-19-31-97(87)81-109)89-49-53-93(54-50-89)117-111-41-21-23-43-113(111)118(114-44-24-22-42-112(114)117)94-55-51-90(52-56-94)116(92-63-71-106(72-64-92)122(102-39-11-4-12-40-102)110-76-60-88-28-16-20-32-98(88)82-110)78-84-47-67-104(68-48-84)120(100-35-7-2-8-36-100)108-74-58-86-26-14-18-30-96(86)80-108/h1-82H/b115-77-,116-78-. The highest BCUT2D eigenvalue weighted by Gasteiger charge is 2.23. The minimum Gasteiger partial charge on any atom is -0.310 e. The molecule has 0 atom stereocenters. The molecule has 0 aliphatic heterocycles. The average Bonchev–Trinajstić information content (AvgIpc) is 0.731. The fourth-order valence-electron chi connectivity index (χ4n) is 17.8. The molecule has 21 aromatic carbocycles. The largest absolute Gasteiger partial charge is 0.310 e. The average molecular weight is 1560 g/mol. The second-order valence-corrected chi connectivity index (χ2v) is 31.2. The van der Waals surface area contributed by atoms with Crippen molar-refractivity contribution in [2.45, 2.75) is 0 Å². The fourth-order valence-corrected chi connectivity index (χ4v) is 17.8. The molecule has 0 saturated carbocycles. The molecule has 0 fully saturated rings. The number of hydrogen-bond acceptors (Lipinski definition) is 4. The molecular formula is C118H82N4. The van der Waals surface area contributed by atoms with Crippen molar-refractivity contribution in [2.24, 2.45) is 0 Å². The van der Waals surface area contributed by atoms with Crippen LogP contribution in [-0.4, -0.2) is 0 Å². The first-order valence-corrected chi connectivity index (χ1v) is 41.8. The molecule has 0 unspecified atom stereocenters. The molecule has 21 aromatic rings. The van der Waals surface area contributed by atoms with Crippen molar-refractivity contribution in [3.63, 3.8) is 0 Å². The Bertz CT molecular complexity index is 6930. The third kappa shape index (κ3) is 14.7. The van der Waals surface area contributed by atoms with Crippen molar-refractivity contribution >= 4 is 156 Å². The number of fused-ring (bicyclic) bond motifs is 6. The topological polar surface area (TPSA) is 13.0 Å². The van der Waals surface area contributed by atoms with Crippen LogP contribution in [0, 0.1) is 0 Å². The molecule has 0 spiro atoms. The number of rotatable bonds is 20. The van der Waals surface area contributed by atoms with E-state index >= 15 is 0 Å². The van der Waals surface area contributed by atoms with Crippen LogP contribution in [-0.2, 0) is 0 Å². The molecular weight excluding hydrogens is 1470 g/mol. The lowest BCUT2D eigenvalue weighted by Gasteiger charge is -2.26. The minimum absolute atomic E-state index is 1.07. The number of hydrogen-bond donors (Lipinski definition) is 0. The van der Waals surface area contributed by atoms with Crippen molar-refractivity contribution in [2.75, 3.05) is 19.6 Å². The third-order valence-corrected chi connectivity index (χ3v) is 23.7. The molecule has 0 aromatic heterocycles. The number of benzene rings is 21. The predicted octanol–water partition coefficient (Wildman–Crippen LogP) is 33.0. The summed E-state index contributed by atoms with van der Waals surface area (Å²) in [5.74, 6) is 0. The van der Waals surface area contributed by atoms with Gasteiger partial charge in [0.25, 0.3) is 0 Å². The number of anilines is 12. The van der Waals surface area contributed by atoms with Crippen molar-refractivity contribution in [3.05, 3.63) is 519 Å². The van der Waals surface area contributed by atoms with Crippen LogP contribution in [0.4, 0.5) is 68.2 Å². The van der Waals surface area contributed by atoms with Crippen molar-refractivity contribution in [1.82, 2.24) is 0 Å². The van der Waals surface area contributed by atoms with E-state index in [0.717, 1.165) is 124 Å². The van der Waals surface area contributed by atoms with Crippen LogP contribution in [0.1, 0.15) is 33.4 Å². The van der Waals surface area contributed by atoms with Gasteiger partial charge >= 0.3 is 0 Å². The monoisotopic (exact) mass is 1550 g/mol. The van der Waals surface area contributed by atoms with Crippen LogP contribution in [0.2, 0.25) is 0 Å². The molecule has 0 radical (unpaired) electrons. The van der Waals surface area contributed by atoms with Crippen LogP contribution in [0.5, 0.6) is 0 Å². The van der Waals surface area contributed by atoms with E-state index in [0.29, 0.717) is 0 Å². The van der Waals surface area contributed by atoms with E-state index in [1.807, 2.05) is 0 Å². The quantitative estimate of drug-likeness (QED) is 0.0557. The lowest BCUT2D eigenvalue weighted by atomic mass is 9.85. The molecule has 0 amide bonds. The van der Waals surface area contributed by atoms with Crippen LogP contribution >= 0.6 is 0 Å². The Hall–Kier alpha value is -16.1. The summed E-state index contributed by atoms with van der Waals surface area (Å²) >= 11 is 0. The summed E-state index contributed by atoms with van der Waals surface area (Å²) < 4.78 is 0. The molecule has 122 heavy (non-hydrogen) atoms. The van der Waals surface area contributed by atoms with Gasteiger partial charge in [0.15, 0.2) is 0 Å². The lowest BCUT2D eigenvalue weighted by Crippen LogP contribution is -2.10. The normalized spacial score (nSPS) is 11.7. The fraction of sp³-hybridized carbons (Fsp3) is 0. The molecule has 21 rings (SSSR count). The van der Waals surface area contributed by atoms with Gasteiger partial charge in [-0.1, -0.05) is 340 Å². The maximum absolute atomic E-state index is 2.35. The van der Waals surface area contributed by atoms with Crippen LogP contribution in [0.3, 0.4) is 0 Å². The minimum atomic E-state index is 1.07. The third-order valence-electron chi connectivity index (χ3n) is 23.7. The summed E-state index contributed by atoms with van der Waals surface area (Å²) in [6.07, 6.45) is 4.71. The zero-order valence-electron chi connectivity index (χ0n) is 67.1. The molecule has 0 heterocycles. The van der Waals surface area contributed by atoms with Gasteiger partial charge in [-0.2, -0.15) is 0 Å². The molecule has 4 nitrogen and oxygen atoms in total. The summed E-state index contributed by atoms with van der Waals surface area (Å²) in [5.41, 5.74) is 26.5. The summed E-state index contributed by atoms with van der Waals surface area (Å²) in [7, 11) is 0. The molecule has 0 saturated heterocycles. The summed E-state index contributed by atoms with van der Waals surface area (Å²) in [5, 5.41) is 14.4. The van der Waals surface area contributed by atoms with E-state index in [1.54, 1.807) is 0 Å². The van der Waals surface area contributed by atoms with Gasteiger partial charge < -0.3 is 19.6 Å². The van der Waals surface area contributed by atoms with Gasteiger partial charge in [-0.25, -0.2) is 0 Å². The van der Waals surface area contributed by atoms with E-state index in [-0.39, 0.29) is 0 Å². The van der Waals surface area contributed by atoms with Gasteiger partial charge in [-0.05, 0) is 289 Å². The highest BCUT2D eigenvalue weighted by molar-refractivity contribution is 6.21. The maximum Gasteiger partial charge on any atom is 0.0468 e. The smallest absolute Gasteiger partial charge is 0.0468 e. The zero-order valence-corrected chi connectivity index (χ0v) is 67.1. The summed E-state index contributed by atoms with van der Waals surface area (Å²) in [6.45, 7) is 0. The highest BCUT2D eigenvalue weighted by atomic mass is 15.2. The maximum atomic E-state index is 2.35. The molecule has 0 bridgehead atoms. The SMILES string of the molecule is C(=C(\c1ccc(-c2c3ccccc3c(-c3ccc(/C(=C/c4ccc(N(c5ccccc5)c5ccc6ccccc6c5)cc4)c4ccc(N(c5ccccc5)c5ccc6ccccc6c5)cc4)cc3)c3ccccc23)cc1)c1ccc(N(c2ccccc2)c2ccc3ccccc3c2)cc1)/c1ccc(N(c2ccccc2)c2ccc3ccccc3c2)cc1. The molecule has 0 aliphatic rings. The van der Waals surface area contributed by atoms with Gasteiger partial charge in [0, 0.05) is 68.2 Å². The van der Waals surface area contributed by atoms with Crippen molar-refractivity contribution in [3.8, 4) is 22.3 Å². The summed E-state index contributed by atoms with van der Waals surface area (Å²) in [4.78, 5) is 9.40. The Morgan fingerprint density at radius 3 is 0.582 bits per heavy atom. The van der Waals surface area contributed by atoms with E-state index in [9.17, 15) is 0 Å². The molecule has 574 valence electrons.